The normalized spacial score (nSPS) is 13.8. The third-order valence-electron chi connectivity index (χ3n) is 4.34. The van der Waals surface area contributed by atoms with Gasteiger partial charge in [0.05, 0.1) is 7.11 Å². The molecule has 0 heterocycles. The summed E-state index contributed by atoms with van der Waals surface area (Å²) in [4.78, 5) is 11.2. The Hall–Kier alpha value is -2.54. The highest BCUT2D eigenvalue weighted by molar-refractivity contribution is 7.92. The number of benzene rings is 2. The van der Waals surface area contributed by atoms with Crippen molar-refractivity contribution in [3.8, 4) is 5.75 Å². The van der Waals surface area contributed by atoms with Crippen LogP contribution < -0.4 is 15.2 Å². The number of anilines is 1. The molecule has 0 bridgehead atoms. The SMILES string of the molecule is COc1cc2c(cc1S(=O)(=O)Nc1ccc(C(N)=O)cc1)CCCC2. The molecule has 2 aromatic rings. The molecule has 1 aliphatic carbocycles. The van der Waals surface area contributed by atoms with E-state index in [0.717, 1.165) is 36.8 Å². The molecule has 0 saturated heterocycles. The summed E-state index contributed by atoms with van der Waals surface area (Å²) >= 11 is 0. The van der Waals surface area contributed by atoms with E-state index in [1.54, 1.807) is 6.07 Å². The van der Waals surface area contributed by atoms with Crippen molar-refractivity contribution in [3.63, 3.8) is 0 Å². The molecule has 1 amide bonds. The van der Waals surface area contributed by atoms with Gasteiger partial charge in [0.1, 0.15) is 10.6 Å². The average molecular weight is 360 g/mol. The van der Waals surface area contributed by atoms with E-state index in [2.05, 4.69) is 4.72 Å². The lowest BCUT2D eigenvalue weighted by Crippen LogP contribution is -2.16. The standard InChI is InChI=1S/C18H20N2O4S/c1-24-16-10-13-4-2-3-5-14(13)11-17(16)25(22,23)20-15-8-6-12(7-9-15)18(19)21/h6-11,20H,2-5H2,1H3,(H2,19,21). The molecule has 0 aliphatic heterocycles. The molecule has 25 heavy (non-hydrogen) atoms. The summed E-state index contributed by atoms with van der Waals surface area (Å²) < 4.78 is 33.4. The Bertz CT molecular complexity index is 905. The Morgan fingerprint density at radius 2 is 1.68 bits per heavy atom. The van der Waals surface area contributed by atoms with E-state index in [9.17, 15) is 13.2 Å². The van der Waals surface area contributed by atoms with E-state index >= 15 is 0 Å². The summed E-state index contributed by atoms with van der Waals surface area (Å²) in [6.45, 7) is 0. The Balaban J connectivity index is 1.95. The summed E-state index contributed by atoms with van der Waals surface area (Å²) in [5, 5.41) is 0. The number of aryl methyl sites for hydroxylation is 2. The number of rotatable bonds is 5. The minimum absolute atomic E-state index is 0.120. The first-order chi connectivity index (χ1) is 11.9. The minimum Gasteiger partial charge on any atom is -0.495 e. The van der Waals surface area contributed by atoms with Gasteiger partial charge in [0.2, 0.25) is 5.91 Å². The molecule has 7 heteroatoms. The zero-order valence-corrected chi connectivity index (χ0v) is 14.7. The lowest BCUT2D eigenvalue weighted by atomic mass is 9.92. The largest absolute Gasteiger partial charge is 0.495 e. The lowest BCUT2D eigenvalue weighted by molar-refractivity contribution is 0.100. The van der Waals surface area contributed by atoms with Crippen molar-refractivity contribution in [2.45, 2.75) is 30.6 Å². The number of nitrogens with one attached hydrogen (secondary N) is 1. The highest BCUT2D eigenvalue weighted by Gasteiger charge is 2.23. The predicted octanol–water partition coefficient (Wildman–Crippen LogP) is 2.47. The van der Waals surface area contributed by atoms with Gasteiger partial charge in [-0.15, -0.1) is 0 Å². The fourth-order valence-corrected chi connectivity index (χ4v) is 4.28. The fraction of sp³-hybridized carbons (Fsp3) is 0.278. The number of nitrogens with two attached hydrogens (primary N) is 1. The zero-order chi connectivity index (χ0) is 18.0. The first-order valence-corrected chi connectivity index (χ1v) is 9.51. The van der Waals surface area contributed by atoms with E-state index in [1.807, 2.05) is 6.07 Å². The molecule has 3 N–H and O–H groups in total. The van der Waals surface area contributed by atoms with Crippen LogP contribution in [0, 0.1) is 0 Å². The maximum atomic E-state index is 12.8. The van der Waals surface area contributed by atoms with Crippen LogP contribution in [-0.4, -0.2) is 21.4 Å². The van der Waals surface area contributed by atoms with Crippen LogP contribution in [-0.2, 0) is 22.9 Å². The highest BCUT2D eigenvalue weighted by atomic mass is 32.2. The van der Waals surface area contributed by atoms with Crippen LogP contribution in [0.15, 0.2) is 41.3 Å². The lowest BCUT2D eigenvalue weighted by Gasteiger charge is -2.19. The van der Waals surface area contributed by atoms with Gasteiger partial charge in [-0.1, -0.05) is 0 Å². The molecular formula is C18H20N2O4S. The van der Waals surface area contributed by atoms with E-state index in [0.29, 0.717) is 17.0 Å². The maximum absolute atomic E-state index is 12.8. The number of primary amides is 1. The first kappa shape index (κ1) is 17.3. The minimum atomic E-state index is -3.81. The monoisotopic (exact) mass is 360 g/mol. The Morgan fingerprint density at radius 3 is 2.24 bits per heavy atom. The predicted molar refractivity (Wildman–Crippen MR) is 95.4 cm³/mol. The summed E-state index contributed by atoms with van der Waals surface area (Å²) in [6, 6.07) is 9.48. The Labute approximate surface area is 147 Å². The van der Waals surface area contributed by atoms with Crippen molar-refractivity contribution in [1.29, 1.82) is 0 Å². The van der Waals surface area contributed by atoms with E-state index in [4.69, 9.17) is 10.5 Å². The third-order valence-corrected chi connectivity index (χ3v) is 5.74. The second-order valence-corrected chi connectivity index (χ2v) is 7.68. The van der Waals surface area contributed by atoms with Gasteiger partial charge >= 0.3 is 0 Å². The average Bonchev–Trinajstić information content (AvgIpc) is 2.60. The number of fused-ring (bicyclic) bond motifs is 1. The zero-order valence-electron chi connectivity index (χ0n) is 13.9. The van der Waals surface area contributed by atoms with E-state index < -0.39 is 15.9 Å². The topological polar surface area (TPSA) is 98.5 Å². The van der Waals surface area contributed by atoms with Crippen molar-refractivity contribution < 1.29 is 17.9 Å². The van der Waals surface area contributed by atoms with Crippen molar-refractivity contribution >= 4 is 21.6 Å². The summed E-state index contributed by atoms with van der Waals surface area (Å²) in [7, 11) is -2.35. The summed E-state index contributed by atoms with van der Waals surface area (Å²) in [6.07, 6.45) is 3.97. The fourth-order valence-electron chi connectivity index (χ4n) is 3.02. The number of carbonyl (C=O) groups is 1. The summed E-state index contributed by atoms with van der Waals surface area (Å²) in [5.74, 6) is -0.229. The maximum Gasteiger partial charge on any atom is 0.265 e. The summed E-state index contributed by atoms with van der Waals surface area (Å²) in [5.41, 5.74) is 8.05. The van der Waals surface area contributed by atoms with Crippen molar-refractivity contribution in [1.82, 2.24) is 0 Å². The van der Waals surface area contributed by atoms with Gasteiger partial charge in [0.25, 0.3) is 10.0 Å². The molecule has 0 radical (unpaired) electrons. The second-order valence-electron chi connectivity index (χ2n) is 6.03. The Morgan fingerprint density at radius 1 is 1.08 bits per heavy atom. The van der Waals surface area contributed by atoms with Gasteiger partial charge in [-0.05, 0) is 73.2 Å². The molecule has 132 valence electrons. The number of carbonyl (C=O) groups excluding carboxylic acids is 1. The van der Waals surface area contributed by atoms with Crippen molar-refractivity contribution in [2.75, 3.05) is 11.8 Å². The molecule has 0 unspecified atom stereocenters. The quantitative estimate of drug-likeness (QED) is 0.856. The molecule has 2 aromatic carbocycles. The molecule has 0 fully saturated rings. The van der Waals surface area contributed by atoms with Gasteiger partial charge in [-0.2, -0.15) is 0 Å². The number of ether oxygens (including phenoxy) is 1. The van der Waals surface area contributed by atoms with Crippen LogP contribution in [0.25, 0.3) is 0 Å². The molecule has 3 rings (SSSR count). The number of hydrogen-bond acceptors (Lipinski definition) is 4. The van der Waals surface area contributed by atoms with Gasteiger partial charge < -0.3 is 10.5 Å². The van der Waals surface area contributed by atoms with Gasteiger partial charge in [0.15, 0.2) is 0 Å². The van der Waals surface area contributed by atoms with Crippen LogP contribution in [0.5, 0.6) is 5.75 Å². The number of sulfonamides is 1. The molecule has 6 nitrogen and oxygen atoms in total. The van der Waals surface area contributed by atoms with E-state index in [-0.39, 0.29) is 4.90 Å². The van der Waals surface area contributed by atoms with E-state index in [1.165, 1.54) is 31.4 Å². The molecule has 0 aromatic heterocycles. The molecule has 0 saturated carbocycles. The second kappa shape index (κ2) is 6.76. The third kappa shape index (κ3) is 3.61. The molecule has 0 atom stereocenters. The van der Waals surface area contributed by atoms with Crippen LogP contribution in [0.4, 0.5) is 5.69 Å². The number of methoxy groups -OCH3 is 1. The van der Waals surface area contributed by atoms with Crippen LogP contribution in [0.1, 0.15) is 34.3 Å². The Kier molecular flexibility index (Phi) is 4.67. The highest BCUT2D eigenvalue weighted by Crippen LogP contribution is 2.32. The van der Waals surface area contributed by atoms with Crippen molar-refractivity contribution in [3.05, 3.63) is 53.1 Å². The van der Waals surface area contributed by atoms with Crippen molar-refractivity contribution in [2.24, 2.45) is 5.73 Å². The molecular weight excluding hydrogens is 340 g/mol. The number of hydrogen-bond donors (Lipinski definition) is 2. The van der Waals surface area contributed by atoms with Crippen LogP contribution >= 0.6 is 0 Å². The number of amides is 1. The van der Waals surface area contributed by atoms with Gasteiger partial charge in [0, 0.05) is 11.3 Å². The first-order valence-electron chi connectivity index (χ1n) is 8.03. The molecule has 0 spiro atoms. The molecule has 1 aliphatic rings. The smallest absolute Gasteiger partial charge is 0.265 e. The van der Waals surface area contributed by atoms with Gasteiger partial charge in [-0.3, -0.25) is 9.52 Å². The van der Waals surface area contributed by atoms with Gasteiger partial charge in [-0.25, -0.2) is 8.42 Å². The van der Waals surface area contributed by atoms with Crippen LogP contribution in [0.3, 0.4) is 0 Å². The van der Waals surface area contributed by atoms with Crippen LogP contribution in [0.2, 0.25) is 0 Å².